The van der Waals surface area contributed by atoms with Gasteiger partial charge >= 0.3 is 0 Å². The molecule has 40 heavy (non-hydrogen) atoms. The molecular weight excluding hydrogens is 496 g/mol. The van der Waals surface area contributed by atoms with Gasteiger partial charge in [0.15, 0.2) is 0 Å². The summed E-state index contributed by atoms with van der Waals surface area (Å²) < 4.78 is 0. The Kier molecular flexibility index (Phi) is 8.35. The molecule has 2 aliphatic rings. The molecule has 0 saturated heterocycles. The predicted molar refractivity (Wildman–Crippen MR) is 160 cm³/mol. The number of benzene rings is 4. The first-order chi connectivity index (χ1) is 19.4. The third-order valence-electron chi connectivity index (χ3n) is 9.09. The van der Waals surface area contributed by atoms with Crippen LogP contribution in [-0.4, -0.2) is 20.4 Å². The summed E-state index contributed by atoms with van der Waals surface area (Å²) in [5, 5.41) is 38.1. The molecular formula is C36H40O4. The predicted octanol–water partition coefficient (Wildman–Crippen LogP) is 8.70. The van der Waals surface area contributed by atoms with E-state index in [4.69, 9.17) is 0 Å². The van der Waals surface area contributed by atoms with Crippen molar-refractivity contribution in [1.29, 1.82) is 0 Å². The average molecular weight is 537 g/mol. The summed E-state index contributed by atoms with van der Waals surface area (Å²) in [5.41, 5.74) is 5.11. The van der Waals surface area contributed by atoms with E-state index in [-0.39, 0.29) is 10.8 Å². The molecule has 0 unspecified atom stereocenters. The summed E-state index contributed by atoms with van der Waals surface area (Å²) in [6.07, 6.45) is 12.0. The Balaban J connectivity index is 0.000000161. The molecule has 2 saturated carbocycles. The summed E-state index contributed by atoms with van der Waals surface area (Å²) >= 11 is 0. The second-order valence-corrected chi connectivity index (χ2v) is 11.5. The Morgan fingerprint density at radius 3 is 0.700 bits per heavy atom. The lowest BCUT2D eigenvalue weighted by Crippen LogP contribution is -2.30. The molecule has 4 aromatic rings. The van der Waals surface area contributed by atoms with E-state index in [0.29, 0.717) is 23.0 Å². The van der Waals surface area contributed by atoms with E-state index in [2.05, 4.69) is 0 Å². The maximum Gasteiger partial charge on any atom is 0.115 e. The van der Waals surface area contributed by atoms with Crippen LogP contribution in [0.4, 0.5) is 0 Å². The van der Waals surface area contributed by atoms with Crippen molar-refractivity contribution in [2.24, 2.45) is 0 Å². The van der Waals surface area contributed by atoms with Gasteiger partial charge in [-0.2, -0.15) is 0 Å². The monoisotopic (exact) mass is 536 g/mol. The van der Waals surface area contributed by atoms with E-state index in [1.807, 2.05) is 48.5 Å². The molecule has 2 fully saturated rings. The smallest absolute Gasteiger partial charge is 0.115 e. The van der Waals surface area contributed by atoms with E-state index in [1.165, 1.54) is 60.8 Å². The van der Waals surface area contributed by atoms with Crippen LogP contribution in [0.25, 0.3) is 0 Å². The normalized spacial score (nSPS) is 17.8. The van der Waals surface area contributed by atoms with E-state index < -0.39 is 0 Å². The molecule has 0 amide bonds. The number of rotatable bonds is 4. The fraction of sp³-hybridized carbons (Fsp3) is 0.333. The second-order valence-electron chi connectivity index (χ2n) is 11.5. The first-order valence-electron chi connectivity index (χ1n) is 14.6. The third kappa shape index (κ3) is 5.82. The van der Waals surface area contributed by atoms with Crippen LogP contribution in [0.1, 0.15) is 86.5 Å². The molecule has 0 aromatic heterocycles. The molecule has 6 rings (SSSR count). The highest BCUT2D eigenvalue weighted by molar-refractivity contribution is 5.44. The van der Waals surface area contributed by atoms with Crippen LogP contribution >= 0.6 is 0 Å². The number of phenols is 4. The standard InChI is InChI=1S/2C18H20O2/c2*19-16-8-4-14(5-9-16)18(12-2-1-3-13-18)15-6-10-17(20)11-7-15/h2*4-11,19-20H,1-3,12-13H2. The van der Waals surface area contributed by atoms with Crippen molar-refractivity contribution >= 4 is 0 Å². The Morgan fingerprint density at radius 2 is 0.500 bits per heavy atom. The van der Waals surface area contributed by atoms with Gasteiger partial charge in [0, 0.05) is 10.8 Å². The summed E-state index contributed by atoms with van der Waals surface area (Å²) in [6.45, 7) is 0. The van der Waals surface area contributed by atoms with Crippen molar-refractivity contribution in [2.75, 3.05) is 0 Å². The quantitative estimate of drug-likeness (QED) is 0.210. The van der Waals surface area contributed by atoms with E-state index >= 15 is 0 Å². The topological polar surface area (TPSA) is 80.9 Å². The minimum absolute atomic E-state index is 0.0274. The Hall–Kier alpha value is -3.92. The highest BCUT2D eigenvalue weighted by Gasteiger charge is 2.36. The zero-order chi connectivity index (χ0) is 28.0. The molecule has 0 radical (unpaired) electrons. The van der Waals surface area contributed by atoms with E-state index in [9.17, 15) is 20.4 Å². The lowest BCUT2D eigenvalue weighted by molar-refractivity contribution is 0.345. The van der Waals surface area contributed by atoms with Gasteiger partial charge in [0.2, 0.25) is 0 Å². The Morgan fingerprint density at radius 1 is 0.300 bits per heavy atom. The maximum absolute atomic E-state index is 9.51. The first-order valence-corrected chi connectivity index (χ1v) is 14.6. The summed E-state index contributed by atoms with van der Waals surface area (Å²) in [6, 6.07) is 30.4. The van der Waals surface area contributed by atoms with Gasteiger partial charge in [-0.3, -0.25) is 0 Å². The Bertz CT molecular complexity index is 1140. The molecule has 4 heteroatoms. The first kappa shape index (κ1) is 27.6. The lowest BCUT2D eigenvalue weighted by Gasteiger charge is -2.38. The fourth-order valence-corrected chi connectivity index (χ4v) is 6.92. The third-order valence-corrected chi connectivity index (χ3v) is 9.09. The number of hydrogen-bond acceptors (Lipinski definition) is 4. The highest BCUT2D eigenvalue weighted by Crippen LogP contribution is 2.46. The number of aromatic hydroxyl groups is 4. The van der Waals surface area contributed by atoms with Crippen LogP contribution in [-0.2, 0) is 10.8 Å². The van der Waals surface area contributed by atoms with Crippen LogP contribution in [0.3, 0.4) is 0 Å². The van der Waals surface area contributed by atoms with Crippen LogP contribution in [0.5, 0.6) is 23.0 Å². The lowest BCUT2D eigenvalue weighted by atomic mass is 9.65. The van der Waals surface area contributed by atoms with Gasteiger partial charge in [-0.1, -0.05) is 87.1 Å². The average Bonchev–Trinajstić information content (AvgIpc) is 3.00. The molecule has 4 N–H and O–H groups in total. The Labute approximate surface area is 237 Å². The van der Waals surface area contributed by atoms with Crippen LogP contribution < -0.4 is 0 Å². The van der Waals surface area contributed by atoms with Crippen molar-refractivity contribution in [3.8, 4) is 23.0 Å². The van der Waals surface area contributed by atoms with Gasteiger partial charge in [0.25, 0.3) is 0 Å². The van der Waals surface area contributed by atoms with Crippen molar-refractivity contribution in [3.05, 3.63) is 119 Å². The van der Waals surface area contributed by atoms with Gasteiger partial charge in [0.05, 0.1) is 0 Å². The van der Waals surface area contributed by atoms with Crippen molar-refractivity contribution in [3.63, 3.8) is 0 Å². The summed E-state index contributed by atoms with van der Waals surface area (Å²) in [7, 11) is 0. The van der Waals surface area contributed by atoms with Crippen molar-refractivity contribution in [1.82, 2.24) is 0 Å². The van der Waals surface area contributed by atoms with E-state index in [1.54, 1.807) is 48.5 Å². The maximum atomic E-state index is 9.51. The summed E-state index contributed by atoms with van der Waals surface area (Å²) in [4.78, 5) is 0. The zero-order valence-electron chi connectivity index (χ0n) is 23.1. The molecule has 208 valence electrons. The zero-order valence-corrected chi connectivity index (χ0v) is 23.1. The fourth-order valence-electron chi connectivity index (χ4n) is 6.92. The second kappa shape index (κ2) is 12.1. The van der Waals surface area contributed by atoms with Crippen molar-refractivity contribution < 1.29 is 20.4 Å². The molecule has 0 atom stereocenters. The molecule has 0 spiro atoms. The SMILES string of the molecule is Oc1ccc(C2(c3ccc(O)cc3)CCCCC2)cc1.Oc1ccc(C2(c3ccc(O)cc3)CCCCC2)cc1. The molecule has 4 nitrogen and oxygen atoms in total. The minimum Gasteiger partial charge on any atom is -0.508 e. The minimum atomic E-state index is 0.0274. The van der Waals surface area contributed by atoms with Crippen LogP contribution in [0.15, 0.2) is 97.1 Å². The van der Waals surface area contributed by atoms with Crippen LogP contribution in [0.2, 0.25) is 0 Å². The van der Waals surface area contributed by atoms with Crippen LogP contribution in [0, 0.1) is 0 Å². The number of hydrogen-bond donors (Lipinski definition) is 4. The molecule has 2 aliphatic carbocycles. The molecule has 0 heterocycles. The molecule has 4 aromatic carbocycles. The van der Waals surface area contributed by atoms with Gasteiger partial charge in [-0.05, 0) is 96.5 Å². The van der Waals surface area contributed by atoms with Gasteiger partial charge < -0.3 is 20.4 Å². The largest absolute Gasteiger partial charge is 0.508 e. The number of phenolic OH excluding ortho intramolecular Hbond substituents is 4. The van der Waals surface area contributed by atoms with Gasteiger partial charge in [0.1, 0.15) is 23.0 Å². The van der Waals surface area contributed by atoms with Gasteiger partial charge in [-0.15, -0.1) is 0 Å². The van der Waals surface area contributed by atoms with E-state index in [0.717, 1.165) is 25.7 Å². The molecule has 0 aliphatic heterocycles. The van der Waals surface area contributed by atoms with Crippen molar-refractivity contribution in [2.45, 2.75) is 75.0 Å². The highest BCUT2D eigenvalue weighted by atomic mass is 16.3. The van der Waals surface area contributed by atoms with Gasteiger partial charge in [-0.25, -0.2) is 0 Å². The molecule has 0 bridgehead atoms. The summed E-state index contributed by atoms with van der Waals surface area (Å²) in [5.74, 6) is 1.24.